The highest BCUT2D eigenvalue weighted by molar-refractivity contribution is 5.85. The Labute approximate surface area is 143 Å². The summed E-state index contributed by atoms with van der Waals surface area (Å²) in [5.41, 5.74) is 1.93. The van der Waals surface area contributed by atoms with Crippen LogP contribution in [0.15, 0.2) is 46.0 Å². The van der Waals surface area contributed by atoms with Crippen molar-refractivity contribution < 1.29 is 14.1 Å². The third-order valence-electron chi connectivity index (χ3n) is 3.95. The molecule has 0 aliphatic carbocycles. The highest BCUT2D eigenvalue weighted by atomic mass is 16.6. The second-order valence-electron chi connectivity index (χ2n) is 6.34. The highest BCUT2D eigenvalue weighted by Gasteiger charge is 2.29. The minimum Gasteiger partial charge on any atom is -0.494 e. The summed E-state index contributed by atoms with van der Waals surface area (Å²) in [5.74, 6) is 1.18. The molecule has 0 saturated heterocycles. The van der Waals surface area contributed by atoms with E-state index < -0.39 is 5.60 Å². The fourth-order valence-corrected chi connectivity index (χ4v) is 2.93. The summed E-state index contributed by atoms with van der Waals surface area (Å²) < 4.78 is 17.8. The Balaban J connectivity index is 1.91. The van der Waals surface area contributed by atoms with E-state index in [9.17, 15) is 4.79 Å². The summed E-state index contributed by atoms with van der Waals surface area (Å²) in [6.45, 7) is 6.25. The van der Waals surface area contributed by atoms with Crippen LogP contribution in [0.5, 0.6) is 11.5 Å². The van der Waals surface area contributed by atoms with Crippen LogP contribution in [0.2, 0.25) is 0 Å². The van der Waals surface area contributed by atoms with E-state index in [1.165, 1.54) is 6.07 Å². The van der Waals surface area contributed by atoms with Crippen LogP contribution in [0.3, 0.4) is 0 Å². The van der Waals surface area contributed by atoms with Crippen molar-refractivity contribution in [2.24, 2.45) is 0 Å². The van der Waals surface area contributed by atoms with Crippen molar-refractivity contribution in [2.45, 2.75) is 26.4 Å². The lowest BCUT2D eigenvalue weighted by molar-refractivity contribution is 0.157. The van der Waals surface area contributed by atoms with E-state index in [4.69, 9.17) is 14.1 Å². The fourth-order valence-electron chi connectivity index (χ4n) is 2.93. The normalized spacial score (nSPS) is 15.4. The Morgan fingerprint density at radius 3 is 2.68 bits per heavy atom. The molecule has 4 rings (SSSR count). The lowest BCUT2D eigenvalue weighted by Crippen LogP contribution is -2.32. The molecule has 0 saturated carbocycles. The molecule has 3 heterocycles. The van der Waals surface area contributed by atoms with Crippen LogP contribution in [0.1, 0.15) is 26.3 Å². The molecule has 0 amide bonds. The smallest absolute Gasteiger partial charge is 0.258 e. The monoisotopic (exact) mass is 339 g/mol. The summed E-state index contributed by atoms with van der Waals surface area (Å²) in [4.78, 5) is 12.6. The van der Waals surface area contributed by atoms with Crippen LogP contribution in [0.4, 0.5) is 0 Å². The molecule has 7 nitrogen and oxygen atoms in total. The molecule has 1 aromatic carbocycles. The van der Waals surface area contributed by atoms with Crippen molar-refractivity contribution in [3.8, 4) is 11.5 Å². The number of hydrogen-bond donors (Lipinski definition) is 0. The van der Waals surface area contributed by atoms with Crippen LogP contribution in [0.25, 0.3) is 16.7 Å². The first-order valence-electron chi connectivity index (χ1n) is 8.01. The van der Waals surface area contributed by atoms with Gasteiger partial charge in [0.1, 0.15) is 28.1 Å². The summed E-state index contributed by atoms with van der Waals surface area (Å²) >= 11 is 0. The number of ether oxygens (including phenoxy) is 2. The molecule has 3 aromatic rings. The number of aromatic nitrogens is 3. The second kappa shape index (κ2) is 5.47. The third kappa shape index (κ3) is 2.67. The van der Waals surface area contributed by atoms with Gasteiger partial charge in [0, 0.05) is 23.9 Å². The van der Waals surface area contributed by atoms with E-state index in [1.807, 2.05) is 32.9 Å². The van der Waals surface area contributed by atoms with Gasteiger partial charge < -0.3 is 9.47 Å². The van der Waals surface area contributed by atoms with Crippen molar-refractivity contribution >= 4 is 16.7 Å². The molecular formula is C18H17N3O4. The summed E-state index contributed by atoms with van der Waals surface area (Å²) in [5, 5.41) is 7.73. The van der Waals surface area contributed by atoms with Gasteiger partial charge in [-0.3, -0.25) is 9.36 Å². The zero-order chi connectivity index (χ0) is 17.6. The van der Waals surface area contributed by atoms with Crippen LogP contribution in [-0.2, 0) is 0 Å². The minimum atomic E-state index is -0.578. The van der Waals surface area contributed by atoms with Crippen molar-refractivity contribution in [1.29, 1.82) is 0 Å². The number of hydrogen-bond acceptors (Lipinski definition) is 6. The maximum absolute atomic E-state index is 12.6. The van der Waals surface area contributed by atoms with Crippen LogP contribution in [0, 0.1) is 0 Å². The van der Waals surface area contributed by atoms with Gasteiger partial charge in [0.05, 0.1) is 12.3 Å². The van der Waals surface area contributed by atoms with Crippen molar-refractivity contribution in [2.75, 3.05) is 6.61 Å². The molecule has 0 unspecified atom stereocenters. The van der Waals surface area contributed by atoms with Gasteiger partial charge in [0.2, 0.25) is 0 Å². The Morgan fingerprint density at radius 1 is 1.20 bits per heavy atom. The van der Waals surface area contributed by atoms with Crippen LogP contribution < -0.4 is 15.0 Å². The van der Waals surface area contributed by atoms with Gasteiger partial charge in [-0.2, -0.15) is 0 Å². The molecule has 0 fully saturated rings. The van der Waals surface area contributed by atoms with Gasteiger partial charge in [-0.25, -0.2) is 4.63 Å². The van der Waals surface area contributed by atoms with Gasteiger partial charge >= 0.3 is 0 Å². The molecule has 0 bridgehead atoms. The summed E-state index contributed by atoms with van der Waals surface area (Å²) in [6.07, 6.45) is 3.62. The van der Waals surface area contributed by atoms with Gasteiger partial charge in [0.15, 0.2) is 0 Å². The Morgan fingerprint density at radius 2 is 1.96 bits per heavy atom. The predicted molar refractivity (Wildman–Crippen MR) is 91.8 cm³/mol. The number of pyridine rings is 1. The molecular weight excluding hydrogens is 322 g/mol. The number of fused-ring (bicyclic) bond motifs is 2. The number of rotatable bonds is 3. The zero-order valence-electron chi connectivity index (χ0n) is 14.1. The van der Waals surface area contributed by atoms with Gasteiger partial charge in [-0.15, -0.1) is 0 Å². The van der Waals surface area contributed by atoms with Crippen LogP contribution >= 0.6 is 0 Å². The molecule has 2 aromatic heterocycles. The largest absolute Gasteiger partial charge is 0.494 e. The van der Waals surface area contributed by atoms with E-state index in [-0.39, 0.29) is 5.56 Å². The SMILES string of the molecule is CCOc1ccn(C2=CC(C)(C)Oc3cc4nonc4cc32)c(=O)c1. The van der Waals surface area contributed by atoms with Crippen LogP contribution in [-0.4, -0.2) is 27.1 Å². The average molecular weight is 339 g/mol. The van der Waals surface area contributed by atoms with Crippen molar-refractivity contribution in [3.63, 3.8) is 0 Å². The quantitative estimate of drug-likeness (QED) is 0.730. The van der Waals surface area contributed by atoms with E-state index in [2.05, 4.69) is 10.3 Å². The Bertz CT molecular complexity index is 1050. The maximum atomic E-state index is 12.6. The Kier molecular flexibility index (Phi) is 3.38. The van der Waals surface area contributed by atoms with Gasteiger partial charge in [0.25, 0.3) is 5.56 Å². The second-order valence-corrected chi connectivity index (χ2v) is 6.34. The lowest BCUT2D eigenvalue weighted by atomic mass is 9.98. The lowest BCUT2D eigenvalue weighted by Gasteiger charge is -2.31. The van der Waals surface area contributed by atoms with E-state index >= 15 is 0 Å². The molecule has 7 heteroatoms. The fraction of sp³-hybridized carbons (Fsp3) is 0.278. The van der Waals surface area contributed by atoms with Gasteiger partial charge in [-0.1, -0.05) is 0 Å². The molecule has 128 valence electrons. The molecule has 25 heavy (non-hydrogen) atoms. The summed E-state index contributed by atoms with van der Waals surface area (Å²) in [6, 6.07) is 6.83. The highest BCUT2D eigenvalue weighted by Crippen LogP contribution is 2.38. The topological polar surface area (TPSA) is 79.4 Å². The zero-order valence-corrected chi connectivity index (χ0v) is 14.1. The third-order valence-corrected chi connectivity index (χ3v) is 3.95. The molecule has 1 aliphatic heterocycles. The van der Waals surface area contributed by atoms with E-state index in [0.29, 0.717) is 29.1 Å². The summed E-state index contributed by atoms with van der Waals surface area (Å²) in [7, 11) is 0. The molecule has 0 radical (unpaired) electrons. The van der Waals surface area contributed by atoms with E-state index in [1.54, 1.807) is 22.9 Å². The maximum Gasteiger partial charge on any atom is 0.258 e. The predicted octanol–water partition coefficient (Wildman–Crippen LogP) is 2.84. The standard InChI is InChI=1S/C18H17N3O4/c1-4-23-11-5-6-21(17(22)7-11)15-10-18(2,3)24-16-9-14-13(8-12(15)16)19-25-20-14/h5-10H,4H2,1-3H3. The molecule has 1 aliphatic rings. The van der Waals surface area contributed by atoms with E-state index in [0.717, 1.165) is 11.3 Å². The number of benzene rings is 1. The number of nitrogens with zero attached hydrogens (tertiary/aromatic N) is 3. The average Bonchev–Trinajstić information content (AvgIpc) is 2.99. The van der Waals surface area contributed by atoms with Crippen molar-refractivity contribution in [1.82, 2.24) is 14.9 Å². The minimum absolute atomic E-state index is 0.181. The first-order valence-corrected chi connectivity index (χ1v) is 8.01. The van der Waals surface area contributed by atoms with Crippen molar-refractivity contribution in [3.05, 3.63) is 52.5 Å². The molecule has 0 atom stereocenters. The first-order chi connectivity index (χ1) is 12.0. The van der Waals surface area contributed by atoms with Gasteiger partial charge in [-0.05, 0) is 49.3 Å². The molecule has 0 spiro atoms. The Hall–Kier alpha value is -3.09. The molecule has 0 N–H and O–H groups in total. The first kappa shape index (κ1) is 15.4.